The fourth-order valence-electron chi connectivity index (χ4n) is 2.06. The van der Waals surface area contributed by atoms with Crippen LogP contribution in [0.4, 0.5) is 0 Å². The molecular formula is C9H15NOS. The lowest BCUT2D eigenvalue weighted by Crippen LogP contribution is -2.15. The Hall–Kier alpha value is -0.180. The molecule has 1 atom stereocenters. The Morgan fingerprint density at radius 2 is 2.17 bits per heavy atom. The van der Waals surface area contributed by atoms with Crippen LogP contribution >= 0.6 is 11.8 Å². The molecule has 3 heteroatoms. The first-order valence-electron chi connectivity index (χ1n) is 4.65. The largest absolute Gasteiger partial charge is 0.476 e. The monoisotopic (exact) mass is 185 g/mol. The topological polar surface area (TPSA) is 21.6 Å². The summed E-state index contributed by atoms with van der Waals surface area (Å²) in [6.07, 6.45) is 5.57. The summed E-state index contributed by atoms with van der Waals surface area (Å²) in [5.41, 5.74) is 0. The minimum absolute atomic E-state index is 0.562. The predicted octanol–water partition coefficient (Wildman–Crippen LogP) is 2.29. The van der Waals surface area contributed by atoms with Gasteiger partial charge in [-0.1, -0.05) is 24.6 Å². The molecule has 2 rings (SSSR count). The summed E-state index contributed by atoms with van der Waals surface area (Å²) < 4.78 is 5.11. The molecule has 0 saturated heterocycles. The van der Waals surface area contributed by atoms with Crippen LogP contribution in [0.3, 0.4) is 0 Å². The number of methoxy groups -OCH3 is 1. The van der Waals surface area contributed by atoms with Crippen LogP contribution in [-0.2, 0) is 4.74 Å². The number of ether oxygens (including phenoxy) is 1. The van der Waals surface area contributed by atoms with E-state index in [-0.39, 0.29) is 0 Å². The van der Waals surface area contributed by atoms with Gasteiger partial charge < -0.3 is 4.74 Å². The smallest absolute Gasteiger partial charge is 0.245 e. The maximum atomic E-state index is 5.11. The van der Waals surface area contributed by atoms with E-state index in [0.29, 0.717) is 6.04 Å². The molecule has 1 aliphatic heterocycles. The van der Waals surface area contributed by atoms with E-state index >= 15 is 0 Å². The first-order valence-corrected chi connectivity index (χ1v) is 5.63. The van der Waals surface area contributed by atoms with Crippen LogP contribution in [0.15, 0.2) is 4.99 Å². The van der Waals surface area contributed by atoms with E-state index in [4.69, 9.17) is 4.74 Å². The fraction of sp³-hybridized carbons (Fsp3) is 0.889. The molecule has 1 fully saturated rings. The Labute approximate surface area is 77.8 Å². The van der Waals surface area contributed by atoms with Crippen LogP contribution in [0.25, 0.3) is 0 Å². The fourth-order valence-corrected chi connectivity index (χ4v) is 3.05. The molecule has 1 unspecified atom stereocenters. The molecule has 1 aliphatic carbocycles. The highest BCUT2D eigenvalue weighted by molar-refractivity contribution is 8.13. The lowest BCUT2D eigenvalue weighted by atomic mass is 10.0. The average Bonchev–Trinajstić information content (AvgIpc) is 2.75. The summed E-state index contributed by atoms with van der Waals surface area (Å²) in [6.45, 7) is 0. The quantitative estimate of drug-likeness (QED) is 0.625. The molecule has 12 heavy (non-hydrogen) atoms. The molecule has 0 aromatic carbocycles. The molecule has 2 nitrogen and oxygen atoms in total. The molecule has 1 saturated carbocycles. The van der Waals surface area contributed by atoms with Crippen LogP contribution in [0.2, 0.25) is 0 Å². The zero-order chi connectivity index (χ0) is 8.39. The van der Waals surface area contributed by atoms with E-state index < -0.39 is 0 Å². The highest BCUT2D eigenvalue weighted by atomic mass is 32.2. The summed E-state index contributed by atoms with van der Waals surface area (Å²) in [4.78, 5) is 4.55. The SMILES string of the molecule is COC1=NC(C2CCCC2)CS1. The summed E-state index contributed by atoms with van der Waals surface area (Å²) in [5.74, 6) is 2.00. The number of nitrogens with zero attached hydrogens (tertiary/aromatic N) is 1. The normalized spacial score (nSPS) is 30.8. The third-order valence-corrected chi connectivity index (χ3v) is 3.79. The summed E-state index contributed by atoms with van der Waals surface area (Å²) in [6, 6.07) is 0.562. The van der Waals surface area contributed by atoms with Gasteiger partial charge in [-0.3, -0.25) is 0 Å². The zero-order valence-corrected chi connectivity index (χ0v) is 8.27. The molecule has 0 aromatic rings. The first-order chi connectivity index (χ1) is 5.90. The third-order valence-electron chi connectivity index (χ3n) is 2.77. The maximum absolute atomic E-state index is 5.11. The predicted molar refractivity (Wildman–Crippen MR) is 52.6 cm³/mol. The highest BCUT2D eigenvalue weighted by Crippen LogP contribution is 2.34. The number of aliphatic imine (C=N–C) groups is 1. The van der Waals surface area contributed by atoms with Gasteiger partial charge >= 0.3 is 0 Å². The van der Waals surface area contributed by atoms with Crippen molar-refractivity contribution in [1.82, 2.24) is 0 Å². The van der Waals surface area contributed by atoms with Gasteiger partial charge in [-0.2, -0.15) is 0 Å². The number of hydrogen-bond donors (Lipinski definition) is 0. The number of thioether (sulfide) groups is 1. The number of rotatable bonds is 1. The number of hydrogen-bond acceptors (Lipinski definition) is 3. The molecule has 0 bridgehead atoms. The average molecular weight is 185 g/mol. The Bertz CT molecular complexity index is 187. The molecule has 0 spiro atoms. The van der Waals surface area contributed by atoms with Gasteiger partial charge in [0.05, 0.1) is 13.2 Å². The van der Waals surface area contributed by atoms with Crippen LogP contribution in [-0.4, -0.2) is 24.1 Å². The Morgan fingerprint density at radius 3 is 2.75 bits per heavy atom. The van der Waals surface area contributed by atoms with Crippen molar-refractivity contribution in [2.24, 2.45) is 10.9 Å². The van der Waals surface area contributed by atoms with Crippen LogP contribution in [0.1, 0.15) is 25.7 Å². The third kappa shape index (κ3) is 1.60. The molecule has 0 aromatic heterocycles. The van der Waals surface area contributed by atoms with E-state index in [9.17, 15) is 0 Å². The molecular weight excluding hydrogens is 170 g/mol. The van der Waals surface area contributed by atoms with Crippen molar-refractivity contribution in [3.8, 4) is 0 Å². The van der Waals surface area contributed by atoms with E-state index in [1.165, 1.54) is 25.7 Å². The molecule has 2 aliphatic rings. The van der Waals surface area contributed by atoms with Crippen molar-refractivity contribution >= 4 is 17.0 Å². The van der Waals surface area contributed by atoms with Gasteiger partial charge in [-0.25, -0.2) is 4.99 Å². The summed E-state index contributed by atoms with van der Waals surface area (Å²) in [5, 5.41) is 0.895. The molecule has 0 amide bonds. The van der Waals surface area contributed by atoms with E-state index in [2.05, 4.69) is 4.99 Å². The van der Waals surface area contributed by atoms with Crippen molar-refractivity contribution in [2.45, 2.75) is 31.7 Å². The summed E-state index contributed by atoms with van der Waals surface area (Å²) >= 11 is 1.77. The van der Waals surface area contributed by atoms with Gasteiger partial charge in [-0.15, -0.1) is 0 Å². The lowest BCUT2D eigenvalue weighted by molar-refractivity contribution is 0.404. The van der Waals surface area contributed by atoms with Crippen molar-refractivity contribution < 1.29 is 4.74 Å². The minimum atomic E-state index is 0.562. The van der Waals surface area contributed by atoms with Crippen molar-refractivity contribution in [3.63, 3.8) is 0 Å². The van der Waals surface area contributed by atoms with Gasteiger partial charge in [0.1, 0.15) is 0 Å². The van der Waals surface area contributed by atoms with E-state index in [0.717, 1.165) is 16.9 Å². The summed E-state index contributed by atoms with van der Waals surface area (Å²) in [7, 11) is 1.71. The van der Waals surface area contributed by atoms with Crippen LogP contribution < -0.4 is 0 Å². The van der Waals surface area contributed by atoms with Crippen molar-refractivity contribution in [1.29, 1.82) is 0 Å². The van der Waals surface area contributed by atoms with Gasteiger partial charge in [0.25, 0.3) is 0 Å². The molecule has 0 radical (unpaired) electrons. The second-order valence-electron chi connectivity index (χ2n) is 3.52. The van der Waals surface area contributed by atoms with Gasteiger partial charge in [0.15, 0.2) is 0 Å². The minimum Gasteiger partial charge on any atom is -0.476 e. The Balaban J connectivity index is 1.93. The second-order valence-corrected chi connectivity index (χ2v) is 4.49. The Kier molecular flexibility index (Phi) is 2.59. The lowest BCUT2D eigenvalue weighted by Gasteiger charge is -2.12. The first kappa shape index (κ1) is 8.42. The van der Waals surface area contributed by atoms with Gasteiger partial charge in [0.2, 0.25) is 5.23 Å². The Morgan fingerprint density at radius 1 is 1.42 bits per heavy atom. The highest BCUT2D eigenvalue weighted by Gasteiger charge is 2.29. The second kappa shape index (κ2) is 3.69. The van der Waals surface area contributed by atoms with Crippen molar-refractivity contribution in [2.75, 3.05) is 12.9 Å². The molecule has 0 N–H and O–H groups in total. The molecule has 1 heterocycles. The van der Waals surface area contributed by atoms with Crippen molar-refractivity contribution in [3.05, 3.63) is 0 Å². The van der Waals surface area contributed by atoms with Crippen LogP contribution in [0.5, 0.6) is 0 Å². The van der Waals surface area contributed by atoms with Gasteiger partial charge in [-0.05, 0) is 18.8 Å². The zero-order valence-electron chi connectivity index (χ0n) is 7.45. The van der Waals surface area contributed by atoms with Crippen LogP contribution in [0, 0.1) is 5.92 Å². The van der Waals surface area contributed by atoms with E-state index in [1.54, 1.807) is 18.9 Å². The van der Waals surface area contributed by atoms with Gasteiger partial charge in [0, 0.05) is 5.75 Å². The molecule has 68 valence electrons. The van der Waals surface area contributed by atoms with E-state index in [1.807, 2.05) is 0 Å². The standard InChI is InChI=1S/C9H15NOS/c1-11-9-10-8(6-12-9)7-4-2-3-5-7/h7-8H,2-6H2,1H3. The maximum Gasteiger partial charge on any atom is 0.245 e.